The summed E-state index contributed by atoms with van der Waals surface area (Å²) in [6, 6.07) is 20.6. The van der Waals surface area contributed by atoms with Gasteiger partial charge in [0.05, 0.1) is 24.1 Å². The van der Waals surface area contributed by atoms with Crippen molar-refractivity contribution in [1.82, 2.24) is 10.2 Å². The second kappa shape index (κ2) is 22.4. The van der Waals surface area contributed by atoms with Crippen LogP contribution in [-0.2, 0) is 21.2 Å². The number of amides is 1. The van der Waals surface area contributed by atoms with E-state index >= 15 is 0 Å². The van der Waals surface area contributed by atoms with Crippen LogP contribution >= 0.6 is 0 Å². The molecule has 0 aliphatic rings. The van der Waals surface area contributed by atoms with Gasteiger partial charge < -0.3 is 29.9 Å². The molecule has 12 heteroatoms. The average molecular weight is 686 g/mol. The Morgan fingerprint density at radius 2 is 1.46 bits per heavy atom. The number of unbranched alkanes of at least 4 members (excludes halogenated alkanes) is 3. The van der Waals surface area contributed by atoms with Gasteiger partial charge in [-0.1, -0.05) is 37.1 Å². The van der Waals surface area contributed by atoms with Crippen LogP contribution in [0.4, 0.5) is 5.69 Å². The van der Waals surface area contributed by atoms with Crippen molar-refractivity contribution < 1.29 is 37.7 Å². The van der Waals surface area contributed by atoms with Gasteiger partial charge in [-0.2, -0.15) is 0 Å². The van der Waals surface area contributed by atoms with E-state index in [0.29, 0.717) is 37.4 Å². The molecule has 1 amide bonds. The van der Waals surface area contributed by atoms with Crippen molar-refractivity contribution in [2.24, 2.45) is 0 Å². The Morgan fingerprint density at radius 1 is 0.792 bits per heavy atom. The van der Waals surface area contributed by atoms with Gasteiger partial charge in [-0.25, -0.2) is 13.2 Å². The van der Waals surface area contributed by atoms with Crippen molar-refractivity contribution in [3.8, 4) is 11.5 Å². The van der Waals surface area contributed by atoms with Gasteiger partial charge in [0.1, 0.15) is 11.5 Å². The lowest BCUT2D eigenvalue weighted by Gasteiger charge is -2.18. The van der Waals surface area contributed by atoms with Gasteiger partial charge in [-0.3, -0.25) is 9.52 Å². The van der Waals surface area contributed by atoms with Crippen molar-refractivity contribution in [1.29, 1.82) is 0 Å². The quantitative estimate of drug-likeness (QED) is 0.0804. The molecule has 3 aromatic rings. The zero-order valence-electron chi connectivity index (χ0n) is 28.3. The number of phenolic OH excluding ortho intramolecular Hbond substituents is 1. The molecule has 0 fully saturated rings. The number of aromatic hydroxyl groups is 1. The molecule has 0 saturated heterocycles. The van der Waals surface area contributed by atoms with Crippen LogP contribution < -0.4 is 14.8 Å². The Hall–Kier alpha value is -4.13. The van der Waals surface area contributed by atoms with E-state index in [1.165, 1.54) is 6.07 Å². The molecule has 4 N–H and O–H groups in total. The number of hydrogen-bond donors (Lipinski definition) is 4. The van der Waals surface area contributed by atoms with E-state index in [1.807, 2.05) is 38.1 Å². The van der Waals surface area contributed by atoms with Crippen LogP contribution in [0.3, 0.4) is 0 Å². The maximum Gasteiger partial charge on any atom is 0.335 e. The predicted octanol–water partition coefficient (Wildman–Crippen LogP) is 5.81. The van der Waals surface area contributed by atoms with E-state index in [0.717, 1.165) is 75.8 Å². The molecule has 0 spiro atoms. The van der Waals surface area contributed by atoms with E-state index in [9.17, 15) is 23.1 Å². The summed E-state index contributed by atoms with van der Waals surface area (Å²) in [5.41, 5.74) is 2.17. The highest BCUT2D eigenvalue weighted by atomic mass is 32.2. The first-order chi connectivity index (χ1) is 23.0. The normalized spacial score (nSPS) is 10.9. The van der Waals surface area contributed by atoms with E-state index in [4.69, 9.17) is 14.6 Å². The summed E-state index contributed by atoms with van der Waals surface area (Å²) in [6.07, 6.45) is 7.00. The van der Waals surface area contributed by atoms with E-state index in [2.05, 4.69) is 10.0 Å². The topological polar surface area (TPSA) is 154 Å². The number of carbonyl (C=O) groups is 2. The summed E-state index contributed by atoms with van der Waals surface area (Å²) >= 11 is 0. The zero-order chi connectivity index (χ0) is 35.2. The van der Waals surface area contributed by atoms with Gasteiger partial charge >= 0.3 is 5.97 Å². The molecule has 0 heterocycles. The summed E-state index contributed by atoms with van der Waals surface area (Å²) < 4.78 is 36.6. The number of nitrogens with one attached hydrogen (secondary N) is 2. The summed E-state index contributed by atoms with van der Waals surface area (Å²) in [4.78, 5) is 24.3. The Kier molecular flexibility index (Phi) is 18.7. The molecule has 48 heavy (non-hydrogen) atoms. The van der Waals surface area contributed by atoms with Crippen LogP contribution in [-0.4, -0.2) is 87.7 Å². The number of ether oxygens (including phenoxy) is 2. The molecule has 0 bridgehead atoms. The van der Waals surface area contributed by atoms with Crippen LogP contribution in [0.15, 0.2) is 72.8 Å². The third kappa shape index (κ3) is 16.6. The van der Waals surface area contributed by atoms with Crippen LogP contribution in [0, 0.1) is 0 Å². The van der Waals surface area contributed by atoms with Gasteiger partial charge in [0.15, 0.2) is 0 Å². The number of rotatable bonds is 21. The van der Waals surface area contributed by atoms with E-state index in [1.54, 1.807) is 47.4 Å². The molecule has 264 valence electrons. The molecule has 0 aromatic heterocycles. The Bertz CT molecular complexity index is 1460. The number of anilines is 1. The summed E-state index contributed by atoms with van der Waals surface area (Å²) in [7, 11) is -3.43. The van der Waals surface area contributed by atoms with Crippen molar-refractivity contribution in [3.63, 3.8) is 0 Å². The van der Waals surface area contributed by atoms with Gasteiger partial charge in [0.25, 0.3) is 5.91 Å². The average Bonchev–Trinajstić information content (AvgIpc) is 3.07. The van der Waals surface area contributed by atoms with Crippen molar-refractivity contribution >= 4 is 27.6 Å². The number of sulfonamides is 1. The summed E-state index contributed by atoms with van der Waals surface area (Å²) in [5, 5.41) is 21.6. The van der Waals surface area contributed by atoms with Crippen molar-refractivity contribution in [2.75, 3.05) is 57.0 Å². The lowest BCUT2D eigenvalue weighted by molar-refractivity contribution is 0.0695. The highest BCUT2D eigenvalue weighted by Gasteiger charge is 2.12. The number of carboxylic acid groups (broad SMARTS) is 1. The maximum atomic E-state index is 12.3. The highest BCUT2D eigenvalue weighted by molar-refractivity contribution is 7.92. The molecule has 3 aromatic carbocycles. The largest absolute Gasteiger partial charge is 0.506 e. The molecule has 3 rings (SSSR count). The molecule has 0 atom stereocenters. The molecule has 0 aliphatic heterocycles. The minimum atomic E-state index is -3.43. The van der Waals surface area contributed by atoms with Crippen LogP contribution in [0.5, 0.6) is 11.5 Å². The monoisotopic (exact) mass is 685 g/mol. The smallest absolute Gasteiger partial charge is 0.335 e. The summed E-state index contributed by atoms with van der Waals surface area (Å²) in [6.45, 7) is 9.06. The molecular formula is C36H51N3O8S. The molecular weight excluding hydrogens is 634 g/mol. The molecule has 11 nitrogen and oxygen atoms in total. The van der Waals surface area contributed by atoms with Gasteiger partial charge in [0.2, 0.25) is 10.0 Å². The molecule has 0 aliphatic carbocycles. The standard InChI is InChI=1S/C29H45N3O6S.C7H6O2/c1-4-32(5-2)29(34)25-12-14-26(15-13-25)38-22-10-21-37-20-9-7-6-8-18-30-19-17-24-11-16-28(33)27(23-24)31-39(3,35)36;8-7(9)6-4-2-1-3-5-6/h11-16,23,30-31,33H,4-10,17-22H2,1-3H3;1-5H,(H,8,9). The van der Waals surface area contributed by atoms with Crippen molar-refractivity contribution in [3.05, 3.63) is 89.5 Å². The van der Waals surface area contributed by atoms with E-state index in [-0.39, 0.29) is 17.3 Å². The first-order valence-electron chi connectivity index (χ1n) is 16.4. The third-order valence-corrected chi connectivity index (χ3v) is 7.80. The second-order valence-electron chi connectivity index (χ2n) is 11.1. The number of carbonyl (C=O) groups excluding carboxylic acids is 1. The van der Waals surface area contributed by atoms with E-state index < -0.39 is 16.0 Å². The predicted molar refractivity (Wildman–Crippen MR) is 190 cm³/mol. The maximum absolute atomic E-state index is 12.3. The molecule has 0 unspecified atom stereocenters. The Balaban J connectivity index is 0.000000764. The number of phenols is 1. The van der Waals surface area contributed by atoms with Gasteiger partial charge in [-0.15, -0.1) is 0 Å². The molecule has 0 radical (unpaired) electrons. The van der Waals surface area contributed by atoms with Gasteiger partial charge in [-0.05, 0) is 100 Å². The van der Waals surface area contributed by atoms with Crippen LogP contribution in [0.1, 0.15) is 72.2 Å². The molecule has 0 saturated carbocycles. The highest BCUT2D eigenvalue weighted by Crippen LogP contribution is 2.25. The van der Waals surface area contributed by atoms with Gasteiger partial charge in [0, 0.05) is 38.3 Å². The first kappa shape index (κ1) is 40.0. The second-order valence-corrected chi connectivity index (χ2v) is 12.9. The Morgan fingerprint density at radius 3 is 2.08 bits per heavy atom. The number of hydrogen-bond acceptors (Lipinski definition) is 8. The fourth-order valence-electron chi connectivity index (χ4n) is 4.61. The van der Waals surface area contributed by atoms with Crippen LogP contribution in [0.25, 0.3) is 0 Å². The zero-order valence-corrected chi connectivity index (χ0v) is 29.1. The number of carboxylic acids is 1. The fourth-order valence-corrected chi connectivity index (χ4v) is 5.17. The number of benzene rings is 3. The van der Waals surface area contributed by atoms with Crippen molar-refractivity contribution in [2.45, 2.75) is 52.4 Å². The first-order valence-corrected chi connectivity index (χ1v) is 18.3. The third-order valence-electron chi connectivity index (χ3n) is 7.21. The minimum Gasteiger partial charge on any atom is -0.506 e. The minimum absolute atomic E-state index is 0.0447. The van der Waals surface area contributed by atoms with Crippen LogP contribution in [0.2, 0.25) is 0 Å². The lowest BCUT2D eigenvalue weighted by Crippen LogP contribution is -2.30. The SMILES string of the molecule is CCN(CC)C(=O)c1ccc(OCCCOCCCCCCNCCc2ccc(O)c(NS(C)(=O)=O)c2)cc1.O=C(O)c1ccccc1. The fraction of sp³-hybridized carbons (Fsp3) is 0.444. The number of nitrogens with zero attached hydrogens (tertiary/aromatic N) is 1. The number of aromatic carboxylic acids is 1. The summed E-state index contributed by atoms with van der Waals surface area (Å²) in [5.74, 6) is -0.156. The Labute approximate surface area is 285 Å². The lowest BCUT2D eigenvalue weighted by atomic mass is 10.1.